The van der Waals surface area contributed by atoms with Crippen LogP contribution in [-0.4, -0.2) is 19.4 Å². The predicted molar refractivity (Wildman–Crippen MR) is 75.7 cm³/mol. The molecule has 0 radical (unpaired) electrons. The minimum atomic E-state index is -3.83. The molecule has 1 aromatic carbocycles. The van der Waals surface area contributed by atoms with Gasteiger partial charge >= 0.3 is 5.97 Å². The summed E-state index contributed by atoms with van der Waals surface area (Å²) in [6, 6.07) is 6.05. The maximum Gasteiger partial charge on any atom is 0.309 e. The number of rotatable bonds is 4. The quantitative estimate of drug-likeness (QED) is 0.869. The Balaban J connectivity index is 2.23. The number of anilines is 1. The maximum atomic E-state index is 12.1. The highest BCUT2D eigenvalue weighted by atomic mass is 35.5. The number of nitrogens with one attached hydrogen (secondary N) is 1. The Morgan fingerprint density at radius 1 is 1.40 bits per heavy atom. The first kappa shape index (κ1) is 14.8. The second kappa shape index (κ2) is 5.78. The van der Waals surface area contributed by atoms with E-state index >= 15 is 0 Å². The molecule has 0 spiro atoms. The van der Waals surface area contributed by atoms with Crippen LogP contribution in [0.4, 0.5) is 5.13 Å². The van der Waals surface area contributed by atoms with Gasteiger partial charge in [0, 0.05) is 6.92 Å². The van der Waals surface area contributed by atoms with Crippen LogP contribution in [0.15, 0.2) is 34.5 Å². The van der Waals surface area contributed by atoms with Crippen molar-refractivity contribution in [2.75, 3.05) is 4.72 Å². The highest BCUT2D eigenvalue weighted by Gasteiger charge is 2.19. The summed E-state index contributed by atoms with van der Waals surface area (Å²) >= 11 is 6.84. The first-order valence-corrected chi connectivity index (χ1v) is 8.04. The Hall–Kier alpha value is -1.64. The van der Waals surface area contributed by atoms with Crippen LogP contribution in [0.5, 0.6) is 5.88 Å². The van der Waals surface area contributed by atoms with Crippen molar-refractivity contribution in [1.29, 1.82) is 0 Å². The lowest BCUT2D eigenvalue weighted by Gasteiger charge is -2.06. The van der Waals surface area contributed by atoms with Crippen LogP contribution < -0.4 is 9.46 Å². The fraction of sp³-hybridized carbons (Fsp3) is 0.0909. The average molecular weight is 333 g/mol. The molecule has 1 N–H and O–H groups in total. The topological polar surface area (TPSA) is 85.4 Å². The van der Waals surface area contributed by atoms with E-state index in [0.717, 1.165) is 11.3 Å². The molecular weight excluding hydrogens is 324 g/mol. The summed E-state index contributed by atoms with van der Waals surface area (Å²) in [5.41, 5.74) is 0. The van der Waals surface area contributed by atoms with Gasteiger partial charge in [0.25, 0.3) is 10.0 Å². The van der Waals surface area contributed by atoms with Crippen LogP contribution in [0.2, 0.25) is 5.02 Å². The Labute approximate surface area is 124 Å². The lowest BCUT2D eigenvalue weighted by molar-refractivity contribution is -0.132. The molecule has 0 fully saturated rings. The van der Waals surface area contributed by atoms with E-state index in [4.69, 9.17) is 16.3 Å². The van der Waals surface area contributed by atoms with E-state index in [1.807, 2.05) is 0 Å². The van der Waals surface area contributed by atoms with Crippen molar-refractivity contribution in [3.63, 3.8) is 0 Å². The summed E-state index contributed by atoms with van der Waals surface area (Å²) in [5.74, 6) is -0.491. The number of benzene rings is 1. The van der Waals surface area contributed by atoms with Crippen LogP contribution in [0.1, 0.15) is 6.92 Å². The number of halogens is 1. The van der Waals surface area contributed by atoms with E-state index < -0.39 is 16.0 Å². The molecule has 0 bridgehead atoms. The number of esters is 1. The molecule has 0 saturated heterocycles. The molecule has 0 aliphatic rings. The van der Waals surface area contributed by atoms with Crippen molar-refractivity contribution in [1.82, 2.24) is 4.98 Å². The zero-order chi connectivity index (χ0) is 14.8. The molecule has 2 rings (SSSR count). The van der Waals surface area contributed by atoms with E-state index in [-0.39, 0.29) is 20.9 Å². The fourth-order valence-electron chi connectivity index (χ4n) is 1.33. The molecule has 0 aliphatic heterocycles. The predicted octanol–water partition coefficient (Wildman–Crippen LogP) is 2.52. The van der Waals surface area contributed by atoms with Gasteiger partial charge in [-0.3, -0.25) is 9.52 Å². The average Bonchev–Trinajstić information content (AvgIpc) is 2.75. The molecule has 0 atom stereocenters. The van der Waals surface area contributed by atoms with Crippen LogP contribution >= 0.6 is 22.9 Å². The Morgan fingerprint density at radius 3 is 2.75 bits per heavy atom. The number of carbonyl (C=O) groups excluding carboxylic acids is 1. The van der Waals surface area contributed by atoms with Gasteiger partial charge in [-0.25, -0.2) is 8.42 Å². The lowest BCUT2D eigenvalue weighted by atomic mass is 10.4. The number of sulfonamides is 1. The standard InChI is InChI=1S/C11H9ClN2O4S2/c1-7(15)18-10-6-19-11(13-10)14-20(16,17)9-5-3-2-4-8(9)12/h2-6H,1H3,(H,13,14). The van der Waals surface area contributed by atoms with Crippen molar-refractivity contribution in [3.05, 3.63) is 34.7 Å². The molecule has 0 aliphatic carbocycles. The first-order valence-electron chi connectivity index (χ1n) is 5.30. The first-order chi connectivity index (χ1) is 9.38. The number of nitrogens with zero attached hydrogens (tertiary/aromatic N) is 1. The van der Waals surface area contributed by atoms with E-state index in [0.29, 0.717) is 0 Å². The largest absolute Gasteiger partial charge is 0.407 e. The Kier molecular flexibility index (Phi) is 4.26. The molecule has 1 aromatic heterocycles. The van der Waals surface area contributed by atoms with Gasteiger partial charge in [0.05, 0.1) is 10.4 Å². The number of hydrogen-bond donors (Lipinski definition) is 1. The smallest absolute Gasteiger partial charge is 0.309 e. The third kappa shape index (κ3) is 3.47. The molecule has 6 nitrogen and oxygen atoms in total. The summed E-state index contributed by atoms with van der Waals surface area (Å²) < 4.78 is 31.2. The second-order valence-corrected chi connectivity index (χ2v) is 6.54. The monoisotopic (exact) mass is 332 g/mol. The number of thiazole rings is 1. The Morgan fingerprint density at radius 2 is 2.10 bits per heavy atom. The fourth-order valence-corrected chi connectivity index (χ4v) is 3.72. The normalized spacial score (nSPS) is 11.1. The van der Waals surface area contributed by atoms with Crippen molar-refractivity contribution in [2.24, 2.45) is 0 Å². The molecule has 0 amide bonds. The van der Waals surface area contributed by atoms with Gasteiger partial charge in [0.1, 0.15) is 4.90 Å². The minimum Gasteiger partial charge on any atom is -0.407 e. The highest BCUT2D eigenvalue weighted by molar-refractivity contribution is 7.93. The number of ether oxygens (including phenoxy) is 1. The zero-order valence-corrected chi connectivity index (χ0v) is 12.6. The molecule has 0 saturated carbocycles. The van der Waals surface area contributed by atoms with Gasteiger partial charge in [-0.15, -0.1) is 11.3 Å². The minimum absolute atomic E-state index is 0.0411. The van der Waals surface area contributed by atoms with Crippen LogP contribution in [0.3, 0.4) is 0 Å². The summed E-state index contributed by atoms with van der Waals surface area (Å²) in [7, 11) is -3.83. The van der Waals surface area contributed by atoms with Crippen molar-refractivity contribution in [3.8, 4) is 5.88 Å². The third-order valence-electron chi connectivity index (χ3n) is 2.08. The van der Waals surface area contributed by atoms with Crippen LogP contribution in [0.25, 0.3) is 0 Å². The molecule has 1 heterocycles. The molecule has 20 heavy (non-hydrogen) atoms. The molecule has 106 valence electrons. The zero-order valence-electron chi connectivity index (χ0n) is 10.2. The SMILES string of the molecule is CC(=O)Oc1csc(NS(=O)(=O)c2ccccc2Cl)n1. The van der Waals surface area contributed by atoms with Gasteiger partial charge < -0.3 is 4.74 Å². The van der Waals surface area contributed by atoms with Crippen molar-refractivity contribution in [2.45, 2.75) is 11.8 Å². The van der Waals surface area contributed by atoms with E-state index in [1.54, 1.807) is 12.1 Å². The molecule has 2 aromatic rings. The number of carbonyl (C=O) groups is 1. The second-order valence-electron chi connectivity index (χ2n) is 3.62. The summed E-state index contributed by atoms with van der Waals surface area (Å²) in [4.78, 5) is 14.5. The summed E-state index contributed by atoms with van der Waals surface area (Å²) in [6.07, 6.45) is 0. The molecule has 9 heteroatoms. The Bertz CT molecular complexity index is 742. The molecule has 0 unspecified atom stereocenters. The number of aromatic nitrogens is 1. The summed E-state index contributed by atoms with van der Waals surface area (Å²) in [5, 5.41) is 1.62. The lowest BCUT2D eigenvalue weighted by Crippen LogP contribution is -2.13. The van der Waals surface area contributed by atoms with Crippen molar-refractivity contribution >= 4 is 44.1 Å². The van der Waals surface area contributed by atoms with E-state index in [1.165, 1.54) is 24.4 Å². The molecular formula is C11H9ClN2O4S2. The third-order valence-corrected chi connectivity index (χ3v) is 4.78. The van der Waals surface area contributed by atoms with Gasteiger partial charge in [-0.05, 0) is 12.1 Å². The van der Waals surface area contributed by atoms with E-state index in [2.05, 4.69) is 9.71 Å². The van der Waals surface area contributed by atoms with Crippen LogP contribution in [0, 0.1) is 0 Å². The number of hydrogen-bond acceptors (Lipinski definition) is 6. The summed E-state index contributed by atoms with van der Waals surface area (Å²) in [6.45, 7) is 1.23. The van der Waals surface area contributed by atoms with Gasteiger partial charge in [0.2, 0.25) is 5.88 Å². The van der Waals surface area contributed by atoms with Gasteiger partial charge in [0.15, 0.2) is 5.13 Å². The van der Waals surface area contributed by atoms with Crippen LogP contribution in [-0.2, 0) is 14.8 Å². The van der Waals surface area contributed by atoms with Crippen molar-refractivity contribution < 1.29 is 17.9 Å². The van der Waals surface area contributed by atoms with E-state index in [9.17, 15) is 13.2 Å². The maximum absolute atomic E-state index is 12.1. The van der Waals surface area contributed by atoms with Gasteiger partial charge in [-0.1, -0.05) is 23.7 Å². The van der Waals surface area contributed by atoms with Gasteiger partial charge in [-0.2, -0.15) is 4.98 Å². The highest BCUT2D eigenvalue weighted by Crippen LogP contribution is 2.26.